The van der Waals surface area contributed by atoms with Crippen LogP contribution in [0.3, 0.4) is 0 Å². The van der Waals surface area contributed by atoms with Crippen LogP contribution in [0.5, 0.6) is 0 Å². The Kier molecular flexibility index (Phi) is 5.80. The van der Waals surface area contributed by atoms with E-state index < -0.39 is 0 Å². The standard InChI is InChI=1S/C21H22NS/c1-22(2)20(17-11-5-3-6-12-17)21(18-13-7-4-8-14-18)23-19-15-9-10-16-19/h3-16,20-21H,1-2H3/t20-,21+/m0/s1. The van der Waals surface area contributed by atoms with Gasteiger partial charge in [-0.3, -0.25) is 0 Å². The Morgan fingerprint density at radius 1 is 0.739 bits per heavy atom. The maximum atomic E-state index is 2.32. The molecule has 0 spiro atoms. The third-order valence-electron chi connectivity index (χ3n) is 4.01. The van der Waals surface area contributed by atoms with Gasteiger partial charge in [-0.1, -0.05) is 60.7 Å². The molecule has 1 nitrogen and oxygen atoms in total. The highest BCUT2D eigenvalue weighted by molar-refractivity contribution is 8.02. The molecule has 3 rings (SSSR count). The average molecular weight is 320 g/mol. The first-order valence-corrected chi connectivity index (χ1v) is 8.78. The van der Waals surface area contributed by atoms with Crippen molar-refractivity contribution in [2.75, 3.05) is 14.1 Å². The first-order chi connectivity index (χ1) is 11.3. The Balaban J connectivity index is 1.94. The van der Waals surface area contributed by atoms with Gasteiger partial charge >= 0.3 is 0 Å². The van der Waals surface area contributed by atoms with Crippen LogP contribution in [0, 0.1) is 30.9 Å². The van der Waals surface area contributed by atoms with E-state index in [1.54, 1.807) is 0 Å². The molecule has 2 aromatic rings. The van der Waals surface area contributed by atoms with E-state index in [2.05, 4.69) is 105 Å². The van der Waals surface area contributed by atoms with Crippen molar-refractivity contribution >= 4 is 11.8 Å². The van der Waals surface area contributed by atoms with Crippen LogP contribution in [0.2, 0.25) is 0 Å². The fourth-order valence-electron chi connectivity index (χ4n) is 2.93. The second-order valence-corrected chi connectivity index (χ2v) is 7.10. The van der Waals surface area contributed by atoms with Gasteiger partial charge in [-0.25, -0.2) is 0 Å². The molecule has 0 aliphatic heterocycles. The van der Waals surface area contributed by atoms with Crippen LogP contribution >= 0.6 is 11.8 Å². The third kappa shape index (κ3) is 4.19. The van der Waals surface area contributed by atoms with Gasteiger partial charge in [0.1, 0.15) is 0 Å². The summed E-state index contributed by atoms with van der Waals surface area (Å²) < 4.78 is 0. The smallest absolute Gasteiger partial charge is 0.0502 e. The number of benzene rings is 2. The van der Waals surface area contributed by atoms with Crippen molar-refractivity contribution in [3.05, 3.63) is 103 Å². The highest BCUT2D eigenvalue weighted by Gasteiger charge is 2.31. The van der Waals surface area contributed by atoms with Crippen LogP contribution in [0.1, 0.15) is 22.4 Å². The molecule has 2 aromatic carbocycles. The van der Waals surface area contributed by atoms with Gasteiger partial charge in [-0.15, -0.1) is 11.8 Å². The summed E-state index contributed by atoms with van der Waals surface area (Å²) in [6.45, 7) is 0. The zero-order chi connectivity index (χ0) is 16.1. The second-order valence-electron chi connectivity index (χ2n) is 5.89. The lowest BCUT2D eigenvalue weighted by Crippen LogP contribution is -2.25. The molecular weight excluding hydrogens is 298 g/mol. The van der Waals surface area contributed by atoms with Gasteiger partial charge in [0.2, 0.25) is 0 Å². The summed E-state index contributed by atoms with van der Waals surface area (Å²) in [6, 6.07) is 21.9. The minimum atomic E-state index is 0.318. The number of hydrogen-bond donors (Lipinski definition) is 0. The number of likely N-dealkylation sites (N-methyl/N-ethyl adjacent to an activating group) is 1. The van der Waals surface area contributed by atoms with E-state index in [0.717, 1.165) is 0 Å². The predicted molar refractivity (Wildman–Crippen MR) is 100 cm³/mol. The third-order valence-corrected chi connectivity index (χ3v) is 5.34. The second kappa shape index (κ2) is 8.03. The monoisotopic (exact) mass is 320 g/mol. The first-order valence-electron chi connectivity index (χ1n) is 7.90. The van der Waals surface area contributed by atoms with Crippen LogP contribution in [0.15, 0.2) is 60.7 Å². The molecule has 1 aliphatic carbocycles. The molecule has 1 saturated carbocycles. The number of thioether (sulfide) groups is 1. The van der Waals surface area contributed by atoms with Gasteiger partial charge in [-0.2, -0.15) is 0 Å². The largest absolute Gasteiger partial charge is 0.301 e. The topological polar surface area (TPSA) is 3.24 Å². The molecule has 1 fully saturated rings. The SMILES string of the molecule is CN(C)[C@@H](c1ccccc1)[C@H](S[C]1[CH][CH][CH][CH]1)c1ccccc1. The highest BCUT2D eigenvalue weighted by Crippen LogP contribution is 2.50. The molecule has 0 heterocycles. The van der Waals surface area contributed by atoms with Gasteiger partial charge in [0.05, 0.1) is 6.04 Å². The lowest BCUT2D eigenvalue weighted by molar-refractivity contribution is 0.293. The number of hydrogen-bond acceptors (Lipinski definition) is 2. The average Bonchev–Trinajstić information content (AvgIpc) is 3.09. The normalized spacial score (nSPS) is 18.2. The van der Waals surface area contributed by atoms with Crippen LogP contribution < -0.4 is 0 Å². The Hall–Kier alpha value is -1.25. The van der Waals surface area contributed by atoms with E-state index >= 15 is 0 Å². The Labute approximate surface area is 145 Å². The minimum Gasteiger partial charge on any atom is -0.301 e. The molecule has 0 N–H and O–H groups in total. The summed E-state index contributed by atoms with van der Waals surface area (Å²) in [4.78, 5) is 2.32. The summed E-state index contributed by atoms with van der Waals surface area (Å²) in [6.07, 6.45) is 8.60. The van der Waals surface area contributed by atoms with Crippen molar-refractivity contribution in [3.8, 4) is 0 Å². The van der Waals surface area contributed by atoms with Crippen LogP contribution in [-0.2, 0) is 0 Å². The molecule has 2 heteroatoms. The van der Waals surface area contributed by atoms with Crippen LogP contribution in [-0.4, -0.2) is 19.0 Å². The zero-order valence-electron chi connectivity index (χ0n) is 13.6. The van der Waals surface area contributed by atoms with E-state index in [9.17, 15) is 0 Å². The first kappa shape index (κ1) is 16.6. The van der Waals surface area contributed by atoms with Gasteiger partial charge in [0, 0.05) is 10.5 Å². The van der Waals surface area contributed by atoms with Crippen molar-refractivity contribution in [2.45, 2.75) is 11.3 Å². The van der Waals surface area contributed by atoms with Gasteiger partial charge in [-0.05, 0) is 50.9 Å². The Bertz CT molecular complexity index is 575. The van der Waals surface area contributed by atoms with E-state index in [0.29, 0.717) is 11.3 Å². The maximum absolute atomic E-state index is 2.32. The summed E-state index contributed by atoms with van der Waals surface area (Å²) >= 11 is 1.94. The molecule has 5 radical (unpaired) electrons. The van der Waals surface area contributed by atoms with Gasteiger partial charge in [0.25, 0.3) is 0 Å². The zero-order valence-corrected chi connectivity index (χ0v) is 14.4. The van der Waals surface area contributed by atoms with E-state index in [4.69, 9.17) is 0 Å². The minimum absolute atomic E-state index is 0.318. The van der Waals surface area contributed by atoms with Gasteiger partial charge < -0.3 is 4.90 Å². The molecule has 0 unspecified atom stereocenters. The van der Waals surface area contributed by atoms with Crippen LogP contribution in [0.25, 0.3) is 0 Å². The molecular formula is C21H22NS. The molecule has 0 aromatic heterocycles. The maximum Gasteiger partial charge on any atom is 0.0502 e. The summed E-state index contributed by atoms with van der Waals surface area (Å²) in [5.74, 6) is 0. The summed E-state index contributed by atoms with van der Waals surface area (Å²) in [5, 5.41) is 1.66. The number of rotatable bonds is 6. The lowest BCUT2D eigenvalue weighted by atomic mass is 9.97. The molecule has 0 bridgehead atoms. The van der Waals surface area contributed by atoms with Crippen molar-refractivity contribution in [3.63, 3.8) is 0 Å². The van der Waals surface area contributed by atoms with Crippen molar-refractivity contribution < 1.29 is 0 Å². The van der Waals surface area contributed by atoms with Crippen molar-refractivity contribution in [2.24, 2.45) is 0 Å². The summed E-state index contributed by atoms with van der Waals surface area (Å²) in [5.41, 5.74) is 2.71. The fourth-order valence-corrected chi connectivity index (χ4v) is 4.36. The van der Waals surface area contributed by atoms with Crippen LogP contribution in [0.4, 0.5) is 0 Å². The summed E-state index contributed by atoms with van der Waals surface area (Å²) in [7, 11) is 4.33. The Morgan fingerprint density at radius 2 is 1.26 bits per heavy atom. The quantitative estimate of drug-likeness (QED) is 0.726. The highest BCUT2D eigenvalue weighted by atomic mass is 32.2. The lowest BCUT2D eigenvalue weighted by Gasteiger charge is -2.34. The van der Waals surface area contributed by atoms with Crippen molar-refractivity contribution in [1.82, 2.24) is 4.90 Å². The molecule has 23 heavy (non-hydrogen) atoms. The van der Waals surface area contributed by atoms with E-state index in [1.807, 2.05) is 11.8 Å². The molecule has 117 valence electrons. The van der Waals surface area contributed by atoms with Crippen molar-refractivity contribution in [1.29, 1.82) is 0 Å². The molecule has 2 atom stereocenters. The predicted octanol–water partition coefficient (Wildman–Crippen LogP) is 5.13. The number of nitrogens with zero attached hydrogens (tertiary/aromatic N) is 1. The van der Waals surface area contributed by atoms with Gasteiger partial charge in [0.15, 0.2) is 0 Å². The fraction of sp³-hybridized carbons (Fsp3) is 0.190. The molecule has 1 aliphatic rings. The molecule has 0 saturated heterocycles. The van der Waals surface area contributed by atoms with E-state index in [-0.39, 0.29) is 0 Å². The van der Waals surface area contributed by atoms with E-state index in [1.165, 1.54) is 16.4 Å². The Morgan fingerprint density at radius 3 is 1.78 bits per heavy atom. The molecule has 0 amide bonds.